The van der Waals surface area contributed by atoms with Gasteiger partial charge in [-0.3, -0.25) is 0 Å². The molecule has 3 rings (SSSR count). The van der Waals surface area contributed by atoms with E-state index in [0.29, 0.717) is 18.1 Å². The fourth-order valence-electron chi connectivity index (χ4n) is 4.75. The molecule has 180 valence electrons. The Balaban J connectivity index is 2.00. The maximum absolute atomic E-state index is 13.9. The average molecular weight is 461 g/mol. The Morgan fingerprint density at radius 3 is 2.03 bits per heavy atom. The summed E-state index contributed by atoms with van der Waals surface area (Å²) in [6.45, 7) is 12.5. The van der Waals surface area contributed by atoms with Crippen LogP contribution in [-0.4, -0.2) is 36.6 Å². The van der Waals surface area contributed by atoms with E-state index in [2.05, 4.69) is 34.3 Å². The topological polar surface area (TPSA) is 47.9 Å². The lowest BCUT2D eigenvalue weighted by atomic mass is 9.65. The summed E-state index contributed by atoms with van der Waals surface area (Å²) >= 11 is 0. The number of hydrogen-bond acceptors (Lipinski definition) is 4. The molecule has 33 heavy (non-hydrogen) atoms. The van der Waals surface area contributed by atoms with Crippen LogP contribution in [0.3, 0.4) is 0 Å². The van der Waals surface area contributed by atoms with Crippen molar-refractivity contribution in [3.05, 3.63) is 72.8 Å². The second-order valence-electron chi connectivity index (χ2n) is 10.1. The highest BCUT2D eigenvalue weighted by atomic mass is 19.1. The number of benzene rings is 2. The number of rotatable bonds is 9. The molecule has 1 heterocycles. The van der Waals surface area contributed by atoms with Gasteiger partial charge in [0.2, 0.25) is 0 Å². The van der Waals surface area contributed by atoms with Crippen LogP contribution in [0.5, 0.6) is 11.5 Å². The van der Waals surface area contributed by atoms with E-state index in [-0.39, 0.29) is 23.4 Å². The van der Waals surface area contributed by atoms with E-state index >= 15 is 0 Å². The first-order chi connectivity index (χ1) is 15.5. The van der Waals surface area contributed by atoms with Gasteiger partial charge in [0.15, 0.2) is 6.10 Å². The largest absolute Gasteiger partial charge is 0.486 e. The van der Waals surface area contributed by atoms with Crippen molar-refractivity contribution in [3.63, 3.8) is 0 Å². The maximum Gasteiger partial charge on any atom is 0.164 e. The number of aliphatic hydroxyl groups is 1. The van der Waals surface area contributed by atoms with E-state index in [4.69, 9.17) is 14.2 Å². The van der Waals surface area contributed by atoms with Crippen LogP contribution in [-0.2, 0) is 4.74 Å². The Kier molecular flexibility index (Phi) is 7.80. The van der Waals surface area contributed by atoms with Gasteiger partial charge in [-0.15, -0.1) is 6.58 Å². The van der Waals surface area contributed by atoms with Crippen LogP contribution in [0.25, 0.3) is 0 Å². The van der Waals surface area contributed by atoms with E-state index in [1.165, 1.54) is 24.3 Å². The molecule has 4 atom stereocenters. The molecule has 0 aromatic heterocycles. The number of ether oxygens (including phenoxy) is 3. The molecule has 0 radical (unpaired) electrons. The van der Waals surface area contributed by atoms with Gasteiger partial charge in [0.25, 0.3) is 0 Å². The highest BCUT2D eigenvalue weighted by molar-refractivity contribution is 5.25. The standard InChI is InChI=1S/C27H34F2O4/c1-6-26(2,3)17-27(4,5)22-16-31-23(15-30)25(33-21-12-8-10-19(29)14-21)24(22)32-20-11-7-9-18(28)13-20/h6-14,22-25,30H,1,15-17H2,2-5H3. The number of hydrogen-bond donors (Lipinski definition) is 1. The van der Waals surface area contributed by atoms with Crippen LogP contribution >= 0.6 is 0 Å². The molecule has 0 saturated carbocycles. The van der Waals surface area contributed by atoms with Gasteiger partial charge in [-0.05, 0) is 41.5 Å². The quantitative estimate of drug-likeness (QED) is 0.481. The third-order valence-corrected chi connectivity index (χ3v) is 6.36. The molecule has 0 aliphatic carbocycles. The van der Waals surface area contributed by atoms with Gasteiger partial charge < -0.3 is 19.3 Å². The lowest BCUT2D eigenvalue weighted by molar-refractivity contribution is -0.181. The molecule has 4 nitrogen and oxygen atoms in total. The first kappa shape index (κ1) is 25.2. The lowest BCUT2D eigenvalue weighted by Gasteiger charge is -2.49. The molecule has 2 aromatic rings. The fraction of sp³-hybridized carbons (Fsp3) is 0.481. The third kappa shape index (κ3) is 6.33. The summed E-state index contributed by atoms with van der Waals surface area (Å²) in [5.41, 5.74) is -0.431. The minimum Gasteiger partial charge on any atom is -0.486 e. The van der Waals surface area contributed by atoms with Gasteiger partial charge in [0, 0.05) is 18.1 Å². The highest BCUT2D eigenvalue weighted by Gasteiger charge is 2.50. The van der Waals surface area contributed by atoms with Crippen LogP contribution in [0.1, 0.15) is 34.1 Å². The Labute approximate surface area is 195 Å². The van der Waals surface area contributed by atoms with E-state index in [9.17, 15) is 13.9 Å². The summed E-state index contributed by atoms with van der Waals surface area (Å²) in [7, 11) is 0. The van der Waals surface area contributed by atoms with Crippen LogP contribution in [0.15, 0.2) is 61.2 Å². The molecular formula is C27H34F2O4. The number of aliphatic hydroxyl groups excluding tert-OH is 1. The van der Waals surface area contributed by atoms with Crippen LogP contribution < -0.4 is 9.47 Å². The first-order valence-corrected chi connectivity index (χ1v) is 11.3. The van der Waals surface area contributed by atoms with Gasteiger partial charge in [-0.25, -0.2) is 8.78 Å². The van der Waals surface area contributed by atoms with Gasteiger partial charge in [0.1, 0.15) is 35.3 Å². The van der Waals surface area contributed by atoms with E-state index in [1.807, 2.05) is 6.08 Å². The van der Waals surface area contributed by atoms with Crippen LogP contribution in [0.2, 0.25) is 0 Å². The highest BCUT2D eigenvalue weighted by Crippen LogP contribution is 2.45. The molecule has 1 saturated heterocycles. The number of halogens is 2. The smallest absolute Gasteiger partial charge is 0.164 e. The molecule has 1 aliphatic heterocycles. The van der Waals surface area contributed by atoms with Gasteiger partial charge in [-0.2, -0.15) is 0 Å². The first-order valence-electron chi connectivity index (χ1n) is 11.3. The van der Waals surface area contributed by atoms with Crippen LogP contribution in [0.4, 0.5) is 8.78 Å². The van der Waals surface area contributed by atoms with E-state index < -0.39 is 29.9 Å². The molecule has 0 amide bonds. The van der Waals surface area contributed by atoms with Crippen molar-refractivity contribution < 1.29 is 28.1 Å². The second-order valence-corrected chi connectivity index (χ2v) is 10.1. The third-order valence-electron chi connectivity index (χ3n) is 6.36. The Morgan fingerprint density at radius 1 is 1.00 bits per heavy atom. The molecule has 1 N–H and O–H groups in total. The minimum absolute atomic E-state index is 0.139. The lowest BCUT2D eigenvalue weighted by Crippen LogP contribution is -2.60. The number of allylic oxidation sites excluding steroid dienone is 1. The molecule has 4 unspecified atom stereocenters. The van der Waals surface area contributed by atoms with Crippen molar-refractivity contribution in [2.45, 2.75) is 52.4 Å². The maximum atomic E-state index is 13.9. The SMILES string of the molecule is C=CC(C)(C)CC(C)(C)C1COC(CO)C(Oc2cccc(F)c2)C1Oc1cccc(F)c1. The fourth-order valence-corrected chi connectivity index (χ4v) is 4.75. The zero-order valence-electron chi connectivity index (χ0n) is 19.8. The van der Waals surface area contributed by atoms with Crippen molar-refractivity contribution in [1.29, 1.82) is 0 Å². The zero-order valence-corrected chi connectivity index (χ0v) is 19.8. The summed E-state index contributed by atoms with van der Waals surface area (Å²) < 4.78 is 46.3. The predicted octanol–water partition coefficient (Wildman–Crippen LogP) is 5.80. The molecule has 2 aromatic carbocycles. The Bertz CT molecular complexity index is 943. The Hall–Kier alpha value is -2.44. The van der Waals surface area contributed by atoms with Gasteiger partial charge in [-0.1, -0.05) is 45.9 Å². The molecule has 0 bridgehead atoms. The van der Waals surface area contributed by atoms with E-state index in [1.54, 1.807) is 24.3 Å². The van der Waals surface area contributed by atoms with E-state index in [0.717, 1.165) is 6.42 Å². The average Bonchev–Trinajstić information content (AvgIpc) is 2.74. The minimum atomic E-state index is -0.745. The van der Waals surface area contributed by atoms with Gasteiger partial charge in [0.05, 0.1) is 13.2 Å². The summed E-state index contributed by atoms with van der Waals surface area (Å²) in [5, 5.41) is 10.0. The molecule has 1 aliphatic rings. The summed E-state index contributed by atoms with van der Waals surface area (Å²) in [6, 6.07) is 11.7. The zero-order chi connectivity index (χ0) is 24.2. The molecular weight excluding hydrogens is 426 g/mol. The second kappa shape index (κ2) is 10.2. The monoisotopic (exact) mass is 460 g/mol. The van der Waals surface area contributed by atoms with Crippen molar-refractivity contribution in [1.82, 2.24) is 0 Å². The normalized spacial score (nSPS) is 23.7. The van der Waals surface area contributed by atoms with Crippen molar-refractivity contribution in [2.75, 3.05) is 13.2 Å². The van der Waals surface area contributed by atoms with Gasteiger partial charge >= 0.3 is 0 Å². The molecule has 1 fully saturated rings. The molecule has 0 spiro atoms. The van der Waals surface area contributed by atoms with Crippen molar-refractivity contribution in [3.8, 4) is 11.5 Å². The predicted molar refractivity (Wildman–Crippen MR) is 124 cm³/mol. The Morgan fingerprint density at radius 2 is 1.55 bits per heavy atom. The summed E-state index contributed by atoms with van der Waals surface area (Å²) in [5.74, 6) is -0.349. The van der Waals surface area contributed by atoms with Crippen molar-refractivity contribution >= 4 is 0 Å². The van der Waals surface area contributed by atoms with Crippen molar-refractivity contribution in [2.24, 2.45) is 16.7 Å². The molecule has 6 heteroatoms. The summed E-state index contributed by atoms with van der Waals surface area (Å²) in [6.07, 6.45) is 0.697. The van der Waals surface area contributed by atoms with Crippen LogP contribution in [0, 0.1) is 28.4 Å². The summed E-state index contributed by atoms with van der Waals surface area (Å²) in [4.78, 5) is 0.